The van der Waals surface area contributed by atoms with Gasteiger partial charge in [0.15, 0.2) is 6.10 Å². The lowest BCUT2D eigenvalue weighted by Gasteiger charge is -2.18. The third kappa shape index (κ3) is 15.3. The molecule has 0 saturated carbocycles. The molecule has 0 aromatic heterocycles. The lowest BCUT2D eigenvalue weighted by molar-refractivity contribution is -0.163. The Bertz CT molecular complexity index is 684. The Morgan fingerprint density at radius 2 is 1.29 bits per heavy atom. The van der Waals surface area contributed by atoms with Gasteiger partial charge in [-0.3, -0.25) is 4.79 Å². The molecule has 0 amide bonds. The fraction of sp³-hybridized carbons (Fsp3) is 0.526. The number of likely N-dealkylation sites (N-methyl/N-ethyl adjacent to an activating group) is 1. The summed E-state index contributed by atoms with van der Waals surface area (Å²) >= 11 is 0. The van der Waals surface area contributed by atoms with E-state index < -0.39 is 55.3 Å². The standard InChI is InChI=1S/C19H27NO11/c1-20(2)10-13(21)9-19(26)30-12-14(31-18(25)8-6-16(23)28-4)11-29-17(24)7-5-15(22)27-3/h5-8,13-14,21H,9-12H2,1-4H3/b7-5+,8-6+/t13-,14?/m1/s1. The first-order valence-electron chi connectivity index (χ1n) is 8.95. The molecule has 0 aliphatic carbocycles. The Hall–Kier alpha value is -3.25. The molecular formula is C19H27NO11. The van der Waals surface area contributed by atoms with Gasteiger partial charge in [-0.05, 0) is 14.1 Å². The van der Waals surface area contributed by atoms with Gasteiger partial charge in [-0.2, -0.15) is 0 Å². The molecule has 0 aromatic carbocycles. The largest absolute Gasteiger partial charge is 0.466 e. The maximum Gasteiger partial charge on any atom is 0.331 e. The summed E-state index contributed by atoms with van der Waals surface area (Å²) in [6, 6.07) is 0. The topological polar surface area (TPSA) is 155 Å². The molecule has 12 heteroatoms. The smallest absolute Gasteiger partial charge is 0.331 e. The van der Waals surface area contributed by atoms with Gasteiger partial charge in [0.2, 0.25) is 0 Å². The summed E-state index contributed by atoms with van der Waals surface area (Å²) in [7, 11) is 5.68. The highest BCUT2D eigenvalue weighted by molar-refractivity contribution is 5.92. The van der Waals surface area contributed by atoms with Gasteiger partial charge in [0.25, 0.3) is 0 Å². The van der Waals surface area contributed by atoms with Crippen LogP contribution in [0.3, 0.4) is 0 Å². The molecule has 174 valence electrons. The number of nitrogens with zero attached hydrogens (tertiary/aromatic N) is 1. The van der Waals surface area contributed by atoms with E-state index in [0.29, 0.717) is 0 Å². The van der Waals surface area contributed by atoms with Gasteiger partial charge in [0.1, 0.15) is 13.2 Å². The van der Waals surface area contributed by atoms with Gasteiger partial charge < -0.3 is 33.7 Å². The van der Waals surface area contributed by atoms with E-state index in [2.05, 4.69) is 9.47 Å². The number of carbonyl (C=O) groups excluding carboxylic acids is 5. The maximum absolute atomic E-state index is 11.8. The zero-order valence-electron chi connectivity index (χ0n) is 17.8. The lowest BCUT2D eigenvalue weighted by Crippen LogP contribution is -2.32. The summed E-state index contributed by atoms with van der Waals surface area (Å²) in [5.74, 6) is -4.27. The molecule has 0 radical (unpaired) electrons. The van der Waals surface area contributed by atoms with Crippen LogP contribution in [-0.2, 0) is 47.7 Å². The average Bonchev–Trinajstić information content (AvgIpc) is 2.71. The van der Waals surface area contributed by atoms with E-state index in [1.54, 1.807) is 19.0 Å². The number of esters is 5. The minimum atomic E-state index is -1.22. The third-order valence-corrected chi connectivity index (χ3v) is 3.22. The van der Waals surface area contributed by atoms with E-state index in [0.717, 1.165) is 38.5 Å². The van der Waals surface area contributed by atoms with E-state index in [1.807, 2.05) is 0 Å². The van der Waals surface area contributed by atoms with Crippen LogP contribution in [-0.4, -0.2) is 100 Å². The summed E-state index contributed by atoms with van der Waals surface area (Å²) in [6.07, 6.45) is 0.727. The van der Waals surface area contributed by atoms with Crippen LogP contribution in [0, 0.1) is 0 Å². The highest BCUT2D eigenvalue weighted by Gasteiger charge is 2.20. The zero-order valence-corrected chi connectivity index (χ0v) is 17.8. The third-order valence-electron chi connectivity index (χ3n) is 3.22. The second kappa shape index (κ2) is 15.6. The minimum absolute atomic E-state index is 0.232. The van der Waals surface area contributed by atoms with Crippen molar-refractivity contribution >= 4 is 29.8 Å². The van der Waals surface area contributed by atoms with Crippen LogP contribution >= 0.6 is 0 Å². The summed E-state index contributed by atoms with van der Waals surface area (Å²) in [5, 5.41) is 9.75. The Morgan fingerprint density at radius 3 is 1.81 bits per heavy atom. The zero-order chi connectivity index (χ0) is 23.8. The molecule has 0 saturated heterocycles. The number of aliphatic hydroxyl groups excluding tert-OH is 1. The first kappa shape index (κ1) is 27.8. The Labute approximate surface area is 179 Å². The number of ether oxygens (including phenoxy) is 5. The average molecular weight is 445 g/mol. The molecule has 0 rings (SSSR count). The van der Waals surface area contributed by atoms with Crippen LogP contribution in [0.2, 0.25) is 0 Å². The molecule has 0 heterocycles. The molecule has 0 aromatic rings. The van der Waals surface area contributed by atoms with E-state index in [1.165, 1.54) is 0 Å². The van der Waals surface area contributed by atoms with Crippen LogP contribution in [0.15, 0.2) is 24.3 Å². The Balaban J connectivity index is 4.87. The molecule has 1 N–H and O–H groups in total. The highest BCUT2D eigenvalue weighted by Crippen LogP contribution is 2.02. The van der Waals surface area contributed by atoms with Gasteiger partial charge in [-0.1, -0.05) is 0 Å². The molecule has 0 aliphatic heterocycles. The minimum Gasteiger partial charge on any atom is -0.466 e. The van der Waals surface area contributed by atoms with Crippen molar-refractivity contribution in [2.45, 2.75) is 18.6 Å². The fourth-order valence-electron chi connectivity index (χ4n) is 1.87. The van der Waals surface area contributed by atoms with E-state index in [9.17, 15) is 29.1 Å². The molecule has 0 fully saturated rings. The number of hydrogen-bond acceptors (Lipinski definition) is 12. The summed E-state index contributed by atoms with van der Waals surface area (Å²) in [5.41, 5.74) is 0. The maximum atomic E-state index is 11.8. The van der Waals surface area contributed by atoms with Crippen molar-refractivity contribution < 1.29 is 52.8 Å². The summed E-state index contributed by atoms with van der Waals surface area (Å²) in [6.45, 7) is -0.773. The first-order chi connectivity index (χ1) is 14.6. The second-order valence-electron chi connectivity index (χ2n) is 6.21. The SMILES string of the molecule is COC(=O)/C=C/C(=O)OCC(COC(=O)C[C@@H](O)CN(C)C)OC(=O)/C=C/C(=O)OC. The molecule has 12 nitrogen and oxygen atoms in total. The van der Waals surface area contributed by atoms with Crippen molar-refractivity contribution in [3.05, 3.63) is 24.3 Å². The highest BCUT2D eigenvalue weighted by atomic mass is 16.6. The van der Waals surface area contributed by atoms with Crippen molar-refractivity contribution in [1.29, 1.82) is 0 Å². The van der Waals surface area contributed by atoms with Crippen LogP contribution < -0.4 is 0 Å². The van der Waals surface area contributed by atoms with Crippen molar-refractivity contribution in [3.8, 4) is 0 Å². The van der Waals surface area contributed by atoms with Crippen molar-refractivity contribution in [3.63, 3.8) is 0 Å². The van der Waals surface area contributed by atoms with Gasteiger partial charge in [-0.15, -0.1) is 0 Å². The van der Waals surface area contributed by atoms with Crippen molar-refractivity contribution in [1.82, 2.24) is 4.90 Å². The molecule has 0 spiro atoms. The van der Waals surface area contributed by atoms with Gasteiger partial charge >= 0.3 is 29.8 Å². The van der Waals surface area contributed by atoms with E-state index in [-0.39, 0.29) is 13.0 Å². The van der Waals surface area contributed by atoms with Crippen LogP contribution in [0.5, 0.6) is 0 Å². The van der Waals surface area contributed by atoms with Crippen LogP contribution in [0.1, 0.15) is 6.42 Å². The number of carbonyl (C=O) groups is 5. The Morgan fingerprint density at radius 1 is 0.806 bits per heavy atom. The first-order valence-corrected chi connectivity index (χ1v) is 8.95. The quantitative estimate of drug-likeness (QED) is 0.205. The molecule has 2 atom stereocenters. The Kier molecular flexibility index (Phi) is 13.9. The number of methoxy groups -OCH3 is 2. The predicted octanol–water partition coefficient (Wildman–Crippen LogP) is -1.24. The van der Waals surface area contributed by atoms with Gasteiger partial charge in [-0.25, -0.2) is 19.2 Å². The van der Waals surface area contributed by atoms with Crippen LogP contribution in [0.25, 0.3) is 0 Å². The van der Waals surface area contributed by atoms with E-state index in [4.69, 9.17) is 14.2 Å². The summed E-state index contributed by atoms with van der Waals surface area (Å²) in [4.78, 5) is 58.9. The van der Waals surface area contributed by atoms with Gasteiger partial charge in [0.05, 0.1) is 26.7 Å². The lowest BCUT2D eigenvalue weighted by atomic mass is 10.2. The predicted molar refractivity (Wildman–Crippen MR) is 103 cm³/mol. The molecule has 31 heavy (non-hydrogen) atoms. The number of rotatable bonds is 13. The molecule has 0 bridgehead atoms. The normalized spacial score (nSPS) is 13.0. The molecule has 1 unspecified atom stereocenters. The van der Waals surface area contributed by atoms with Crippen molar-refractivity contribution in [2.24, 2.45) is 0 Å². The number of hydrogen-bond donors (Lipinski definition) is 1. The van der Waals surface area contributed by atoms with Gasteiger partial charge in [0, 0.05) is 30.8 Å². The van der Waals surface area contributed by atoms with Crippen molar-refractivity contribution in [2.75, 3.05) is 48.1 Å². The number of aliphatic hydroxyl groups is 1. The fourth-order valence-corrected chi connectivity index (χ4v) is 1.87. The van der Waals surface area contributed by atoms with E-state index >= 15 is 0 Å². The summed E-state index contributed by atoms with van der Waals surface area (Å²) < 4.78 is 23.4. The molecular weight excluding hydrogens is 418 g/mol. The molecule has 0 aliphatic rings. The van der Waals surface area contributed by atoms with Crippen LogP contribution in [0.4, 0.5) is 0 Å². The second-order valence-corrected chi connectivity index (χ2v) is 6.21. The monoisotopic (exact) mass is 445 g/mol.